The predicted octanol–water partition coefficient (Wildman–Crippen LogP) is 5.56. The summed E-state index contributed by atoms with van der Waals surface area (Å²) >= 11 is 0. The van der Waals surface area contributed by atoms with Crippen molar-refractivity contribution < 1.29 is 24.2 Å². The molecule has 0 aromatic heterocycles. The molecular formula is C32H41NO5. The summed E-state index contributed by atoms with van der Waals surface area (Å²) in [7, 11) is 0. The smallest absolute Gasteiger partial charge is 0.302 e. The van der Waals surface area contributed by atoms with Gasteiger partial charge in [-0.15, -0.1) is 5.92 Å². The molecule has 7 atom stereocenters. The zero-order valence-corrected chi connectivity index (χ0v) is 23.3. The topological polar surface area (TPSA) is 92.7 Å². The van der Waals surface area contributed by atoms with E-state index in [9.17, 15) is 19.5 Å². The van der Waals surface area contributed by atoms with Crippen molar-refractivity contribution in [1.29, 1.82) is 0 Å². The number of aliphatic hydroxyl groups is 1. The van der Waals surface area contributed by atoms with Crippen LogP contribution in [0.25, 0.3) is 0 Å². The molecule has 0 saturated heterocycles. The first-order chi connectivity index (χ1) is 18.0. The second kappa shape index (κ2) is 11.1. The van der Waals surface area contributed by atoms with E-state index >= 15 is 0 Å². The first-order valence-corrected chi connectivity index (χ1v) is 13.9. The first-order valence-electron chi connectivity index (χ1n) is 13.9. The molecule has 0 aliphatic heterocycles. The molecule has 0 radical (unpaired) electrons. The molecule has 0 heterocycles. The molecule has 1 aromatic carbocycles. The third kappa shape index (κ3) is 5.59. The van der Waals surface area contributed by atoms with Crippen LogP contribution in [-0.2, 0) is 19.1 Å². The molecule has 6 nitrogen and oxygen atoms in total. The van der Waals surface area contributed by atoms with Crippen LogP contribution in [0, 0.1) is 35.0 Å². The number of ether oxygens (including phenoxy) is 1. The van der Waals surface area contributed by atoms with Gasteiger partial charge in [-0.3, -0.25) is 14.4 Å². The molecule has 4 rings (SSSR count). The van der Waals surface area contributed by atoms with Crippen LogP contribution in [0.5, 0.6) is 0 Å². The summed E-state index contributed by atoms with van der Waals surface area (Å²) in [6, 6.07) is 7.98. The van der Waals surface area contributed by atoms with Gasteiger partial charge >= 0.3 is 5.97 Å². The lowest BCUT2D eigenvalue weighted by Gasteiger charge is -2.48. The van der Waals surface area contributed by atoms with Gasteiger partial charge in [-0.25, -0.2) is 0 Å². The standard InChI is InChI=1S/C32H41NO5/c1-6-14-32(37)15-13-20(2)31(32,5)19-30(23-7-9-25(10-8-23)33-21(3)34)29-18-27(38-22(4)35)17-24-16-26(36)11-12-28(24)29/h7-10,16,20,27-30,37H,11-13,15,17-19H2,1-5H3,(H,33,34)/t20-,27+,28?,29?,30-,31+,32+/m1/s1. The van der Waals surface area contributed by atoms with E-state index in [1.54, 1.807) is 13.0 Å². The second-order valence-corrected chi connectivity index (χ2v) is 11.9. The molecule has 2 N–H and O–H groups in total. The molecule has 3 aliphatic carbocycles. The van der Waals surface area contributed by atoms with E-state index in [1.165, 1.54) is 13.8 Å². The maximum atomic E-state index is 12.4. The number of allylic oxidation sites excluding steroid dienone is 1. The Morgan fingerprint density at radius 1 is 1.21 bits per heavy atom. The third-order valence-corrected chi connectivity index (χ3v) is 9.50. The molecule has 2 unspecified atom stereocenters. The molecule has 38 heavy (non-hydrogen) atoms. The maximum absolute atomic E-state index is 12.4. The first kappa shape index (κ1) is 28.1. The summed E-state index contributed by atoms with van der Waals surface area (Å²) in [5, 5.41) is 14.7. The molecule has 3 aliphatic rings. The fraction of sp³-hybridized carbons (Fsp3) is 0.594. The Hall–Kier alpha value is -2.91. The van der Waals surface area contributed by atoms with Gasteiger partial charge in [0.15, 0.2) is 5.78 Å². The Morgan fingerprint density at radius 2 is 1.92 bits per heavy atom. The van der Waals surface area contributed by atoms with E-state index < -0.39 is 11.0 Å². The molecule has 2 saturated carbocycles. The molecule has 1 aromatic rings. The number of carbonyl (C=O) groups excluding carboxylic acids is 3. The number of esters is 1. The molecule has 0 spiro atoms. The quantitative estimate of drug-likeness (QED) is 0.379. The van der Waals surface area contributed by atoms with Gasteiger partial charge in [-0.1, -0.05) is 37.5 Å². The summed E-state index contributed by atoms with van der Waals surface area (Å²) in [5.41, 5.74) is 1.41. The average Bonchev–Trinajstić information content (AvgIpc) is 3.06. The van der Waals surface area contributed by atoms with Crippen LogP contribution < -0.4 is 5.32 Å². The lowest BCUT2D eigenvalue weighted by Crippen LogP contribution is -2.46. The van der Waals surface area contributed by atoms with Crippen molar-refractivity contribution in [3.05, 3.63) is 41.5 Å². The highest BCUT2D eigenvalue weighted by atomic mass is 16.5. The second-order valence-electron chi connectivity index (χ2n) is 11.9. The zero-order chi connectivity index (χ0) is 27.7. The van der Waals surface area contributed by atoms with Crippen LogP contribution in [0.3, 0.4) is 0 Å². The lowest BCUT2D eigenvalue weighted by molar-refractivity contribution is -0.148. The van der Waals surface area contributed by atoms with Crippen LogP contribution in [0.4, 0.5) is 5.69 Å². The van der Waals surface area contributed by atoms with Gasteiger partial charge in [-0.2, -0.15) is 0 Å². The van der Waals surface area contributed by atoms with Crippen molar-refractivity contribution in [2.45, 2.75) is 97.2 Å². The Balaban J connectivity index is 1.79. The molecular weight excluding hydrogens is 478 g/mol. The number of nitrogens with one attached hydrogen (secondary N) is 1. The maximum Gasteiger partial charge on any atom is 0.302 e. The number of carbonyl (C=O) groups is 3. The summed E-state index contributed by atoms with van der Waals surface area (Å²) < 4.78 is 5.74. The SMILES string of the molecule is CC#C[C@]1(O)CC[C@@H](C)[C@]1(C)C[C@H](c1ccc(NC(C)=O)cc1)C1C[C@@H](OC(C)=O)CC2=CC(=O)CCC21. The fourth-order valence-electron chi connectivity index (χ4n) is 7.36. The van der Waals surface area contributed by atoms with Gasteiger partial charge in [-0.05, 0) is 86.5 Å². The third-order valence-electron chi connectivity index (χ3n) is 9.50. The van der Waals surface area contributed by atoms with E-state index in [-0.39, 0.29) is 47.4 Å². The van der Waals surface area contributed by atoms with Gasteiger partial charge in [0.05, 0.1) is 0 Å². The number of amides is 1. The summed E-state index contributed by atoms with van der Waals surface area (Å²) in [6.45, 7) is 9.08. The Bertz CT molecular complexity index is 1170. The van der Waals surface area contributed by atoms with Gasteiger partial charge in [0.2, 0.25) is 5.91 Å². The minimum Gasteiger partial charge on any atom is -0.462 e. The Kier molecular flexibility index (Phi) is 8.18. The van der Waals surface area contributed by atoms with Crippen LogP contribution in [0.1, 0.15) is 91.0 Å². The van der Waals surface area contributed by atoms with Gasteiger partial charge in [0.25, 0.3) is 0 Å². The van der Waals surface area contributed by atoms with Crippen molar-refractivity contribution in [2.75, 3.05) is 5.32 Å². The van der Waals surface area contributed by atoms with Crippen LogP contribution in [-0.4, -0.2) is 34.5 Å². The number of ketones is 1. The largest absolute Gasteiger partial charge is 0.462 e. The van der Waals surface area contributed by atoms with E-state index in [2.05, 4.69) is 43.1 Å². The Morgan fingerprint density at radius 3 is 2.55 bits per heavy atom. The number of anilines is 1. The monoisotopic (exact) mass is 519 g/mol. The number of benzene rings is 1. The van der Waals surface area contributed by atoms with Crippen LogP contribution in [0.15, 0.2) is 35.9 Å². The van der Waals surface area contributed by atoms with Gasteiger partial charge in [0, 0.05) is 37.8 Å². The highest BCUT2D eigenvalue weighted by Crippen LogP contribution is 2.58. The molecule has 0 bridgehead atoms. The van der Waals surface area contributed by atoms with E-state index in [1.807, 2.05) is 12.1 Å². The van der Waals surface area contributed by atoms with Crippen molar-refractivity contribution in [1.82, 2.24) is 0 Å². The fourth-order valence-corrected chi connectivity index (χ4v) is 7.36. The van der Waals surface area contributed by atoms with Crippen molar-refractivity contribution in [3.8, 4) is 11.8 Å². The van der Waals surface area contributed by atoms with Crippen molar-refractivity contribution >= 4 is 23.3 Å². The van der Waals surface area contributed by atoms with Crippen molar-refractivity contribution in [2.24, 2.45) is 23.2 Å². The lowest BCUT2D eigenvalue weighted by atomic mass is 9.58. The normalized spacial score (nSPS) is 33.3. The number of rotatable bonds is 6. The molecule has 204 valence electrons. The van der Waals surface area contributed by atoms with Crippen molar-refractivity contribution in [3.63, 3.8) is 0 Å². The van der Waals surface area contributed by atoms with Gasteiger partial charge in [0.1, 0.15) is 11.7 Å². The highest BCUT2D eigenvalue weighted by molar-refractivity contribution is 5.91. The minimum atomic E-state index is -1.08. The summed E-state index contributed by atoms with van der Waals surface area (Å²) in [6.07, 6.45) is 6.37. The van der Waals surface area contributed by atoms with Crippen LogP contribution in [0.2, 0.25) is 0 Å². The van der Waals surface area contributed by atoms with E-state index in [0.29, 0.717) is 32.1 Å². The number of hydrogen-bond acceptors (Lipinski definition) is 5. The summed E-state index contributed by atoms with van der Waals surface area (Å²) in [5.74, 6) is 6.49. The highest BCUT2D eigenvalue weighted by Gasteiger charge is 2.56. The molecule has 6 heteroatoms. The minimum absolute atomic E-state index is 0.0390. The molecule has 1 amide bonds. The van der Waals surface area contributed by atoms with Gasteiger partial charge < -0.3 is 15.2 Å². The zero-order valence-electron chi connectivity index (χ0n) is 23.3. The predicted molar refractivity (Wildman–Crippen MR) is 147 cm³/mol. The average molecular weight is 520 g/mol. The number of fused-ring (bicyclic) bond motifs is 1. The summed E-state index contributed by atoms with van der Waals surface area (Å²) in [4.78, 5) is 35.9. The van der Waals surface area contributed by atoms with E-state index in [0.717, 1.165) is 29.7 Å². The van der Waals surface area contributed by atoms with E-state index in [4.69, 9.17) is 4.74 Å². The number of hydrogen-bond donors (Lipinski definition) is 2. The van der Waals surface area contributed by atoms with Crippen LogP contribution >= 0.6 is 0 Å². The molecule has 2 fully saturated rings. The Labute approximate surface area is 226 Å².